The van der Waals surface area contributed by atoms with Crippen LogP contribution in [0.15, 0.2) is 54.6 Å². The van der Waals surface area contributed by atoms with Gasteiger partial charge in [0.1, 0.15) is 0 Å². The largest absolute Gasteiger partial charge is 0.494 e. The smallest absolute Gasteiger partial charge is 0.165 e. The Morgan fingerprint density at radius 3 is 2.43 bits per heavy atom. The van der Waals surface area contributed by atoms with E-state index in [2.05, 4.69) is 5.10 Å². The first-order chi connectivity index (χ1) is 11.1. The summed E-state index contributed by atoms with van der Waals surface area (Å²) in [6, 6.07) is 16.0. The molecule has 0 aliphatic heterocycles. The lowest BCUT2D eigenvalue weighted by molar-refractivity contribution is 0.386. The summed E-state index contributed by atoms with van der Waals surface area (Å²) in [5.41, 5.74) is 2.68. The lowest BCUT2D eigenvalue weighted by Gasteiger charge is -2.09. The number of ether oxygens (including phenoxy) is 1. The summed E-state index contributed by atoms with van der Waals surface area (Å²) < 4.78 is 20.7. The fraction of sp³-hybridized carbons (Fsp3) is 0.118. The van der Waals surface area contributed by atoms with Crippen LogP contribution in [0.1, 0.15) is 10.5 Å². The average molecular weight is 351 g/mol. The lowest BCUT2D eigenvalue weighted by Crippen LogP contribution is -2.00. The number of aromatic nitrogens is 2. The minimum Gasteiger partial charge on any atom is -0.494 e. The van der Waals surface area contributed by atoms with E-state index in [1.165, 1.54) is 13.2 Å². The Kier molecular flexibility index (Phi) is 4.55. The number of hydrogen-bond acceptors (Lipinski definition) is 2. The third-order valence-electron chi connectivity index (χ3n) is 3.40. The minimum atomic E-state index is -0.762. The van der Waals surface area contributed by atoms with E-state index in [0.29, 0.717) is 17.0 Å². The van der Waals surface area contributed by atoms with Gasteiger partial charge in [0.2, 0.25) is 0 Å². The molecule has 23 heavy (non-hydrogen) atoms. The predicted molar refractivity (Wildman–Crippen MR) is 90.0 cm³/mol. The molecule has 0 amide bonds. The van der Waals surface area contributed by atoms with Crippen molar-refractivity contribution in [1.29, 1.82) is 0 Å². The molecule has 2 aromatic carbocycles. The zero-order valence-electron chi connectivity index (χ0n) is 12.2. The van der Waals surface area contributed by atoms with Crippen LogP contribution in [0.5, 0.6) is 5.75 Å². The van der Waals surface area contributed by atoms with Gasteiger partial charge in [-0.2, -0.15) is 5.10 Å². The van der Waals surface area contributed by atoms with Gasteiger partial charge in [0.25, 0.3) is 0 Å². The number of benzene rings is 2. The fourth-order valence-corrected chi connectivity index (χ4v) is 2.52. The number of nitrogens with zero attached hydrogens (tertiary/aromatic N) is 2. The van der Waals surface area contributed by atoms with Crippen molar-refractivity contribution in [2.45, 2.75) is 4.84 Å². The van der Waals surface area contributed by atoms with E-state index in [1.54, 1.807) is 22.9 Å². The standard InChI is InChI=1S/C17H13Cl2FN2O/c1-23-16-8-7-11(9-13(16)20)15-10-14(17(18)19)21-22(15)12-5-3-2-4-6-12/h2-10,17H,1H3. The Morgan fingerprint density at radius 2 is 1.83 bits per heavy atom. The summed E-state index contributed by atoms with van der Waals surface area (Å²) in [7, 11) is 1.43. The van der Waals surface area contributed by atoms with Crippen LogP contribution >= 0.6 is 23.2 Å². The summed E-state index contributed by atoms with van der Waals surface area (Å²) in [5, 5.41) is 4.43. The molecule has 3 nitrogen and oxygen atoms in total. The van der Waals surface area contributed by atoms with Gasteiger partial charge >= 0.3 is 0 Å². The number of para-hydroxylation sites is 1. The maximum atomic E-state index is 14.0. The Labute approximate surface area is 143 Å². The molecular weight excluding hydrogens is 338 g/mol. The van der Waals surface area contributed by atoms with Crippen molar-refractivity contribution < 1.29 is 9.13 Å². The van der Waals surface area contributed by atoms with Crippen LogP contribution in [-0.4, -0.2) is 16.9 Å². The Bertz CT molecular complexity index is 819. The maximum Gasteiger partial charge on any atom is 0.165 e. The van der Waals surface area contributed by atoms with Gasteiger partial charge in [0, 0.05) is 5.56 Å². The average Bonchev–Trinajstić information content (AvgIpc) is 3.01. The molecule has 0 saturated carbocycles. The van der Waals surface area contributed by atoms with E-state index in [9.17, 15) is 4.39 Å². The van der Waals surface area contributed by atoms with E-state index in [4.69, 9.17) is 27.9 Å². The fourth-order valence-electron chi connectivity index (χ4n) is 2.30. The van der Waals surface area contributed by atoms with Crippen molar-refractivity contribution in [3.8, 4) is 22.7 Å². The topological polar surface area (TPSA) is 27.1 Å². The molecule has 0 spiro atoms. The highest BCUT2D eigenvalue weighted by molar-refractivity contribution is 6.43. The summed E-state index contributed by atoms with van der Waals surface area (Å²) >= 11 is 11.9. The molecule has 0 unspecified atom stereocenters. The van der Waals surface area contributed by atoms with E-state index in [-0.39, 0.29) is 5.75 Å². The summed E-state index contributed by atoms with van der Waals surface area (Å²) in [6.45, 7) is 0. The summed E-state index contributed by atoms with van der Waals surface area (Å²) in [6.07, 6.45) is 0. The van der Waals surface area contributed by atoms with Crippen molar-refractivity contribution in [3.05, 3.63) is 66.1 Å². The Balaban J connectivity index is 2.16. The number of methoxy groups -OCH3 is 1. The van der Waals surface area contributed by atoms with Crippen LogP contribution < -0.4 is 4.74 Å². The summed E-state index contributed by atoms with van der Waals surface area (Å²) in [4.78, 5) is -0.762. The molecule has 0 saturated heterocycles. The van der Waals surface area contributed by atoms with E-state index in [1.807, 2.05) is 30.3 Å². The first-order valence-corrected chi connectivity index (χ1v) is 7.75. The van der Waals surface area contributed by atoms with Crippen LogP contribution in [0.3, 0.4) is 0 Å². The molecule has 1 heterocycles. The molecule has 3 aromatic rings. The van der Waals surface area contributed by atoms with Crippen LogP contribution in [0.4, 0.5) is 4.39 Å². The number of hydrogen-bond donors (Lipinski definition) is 0. The van der Waals surface area contributed by atoms with Gasteiger partial charge in [-0.05, 0) is 36.4 Å². The molecule has 1 aromatic heterocycles. The molecule has 0 aliphatic rings. The zero-order chi connectivity index (χ0) is 16.4. The molecular formula is C17H13Cl2FN2O. The number of halogens is 3. The van der Waals surface area contributed by atoms with Crippen molar-refractivity contribution in [1.82, 2.24) is 9.78 Å². The highest BCUT2D eigenvalue weighted by atomic mass is 35.5. The van der Waals surface area contributed by atoms with Crippen LogP contribution in [0.2, 0.25) is 0 Å². The second-order valence-corrected chi connectivity index (χ2v) is 5.95. The molecule has 0 radical (unpaired) electrons. The molecule has 118 valence electrons. The van der Waals surface area contributed by atoms with Gasteiger partial charge in [-0.1, -0.05) is 41.4 Å². The highest BCUT2D eigenvalue weighted by Crippen LogP contribution is 2.32. The van der Waals surface area contributed by atoms with E-state index >= 15 is 0 Å². The van der Waals surface area contributed by atoms with Gasteiger partial charge in [0.15, 0.2) is 16.4 Å². The van der Waals surface area contributed by atoms with Crippen LogP contribution in [0.25, 0.3) is 16.9 Å². The third-order valence-corrected chi connectivity index (χ3v) is 3.85. The lowest BCUT2D eigenvalue weighted by atomic mass is 10.1. The van der Waals surface area contributed by atoms with Crippen molar-refractivity contribution in [3.63, 3.8) is 0 Å². The van der Waals surface area contributed by atoms with Crippen LogP contribution in [-0.2, 0) is 0 Å². The molecule has 0 fully saturated rings. The van der Waals surface area contributed by atoms with Gasteiger partial charge in [0.05, 0.1) is 24.2 Å². The van der Waals surface area contributed by atoms with Gasteiger partial charge in [-0.25, -0.2) is 9.07 Å². The van der Waals surface area contributed by atoms with E-state index in [0.717, 1.165) is 5.69 Å². The number of alkyl halides is 2. The second kappa shape index (κ2) is 6.60. The zero-order valence-corrected chi connectivity index (χ0v) is 13.7. The Hall–Kier alpha value is -2.04. The normalized spacial score (nSPS) is 11.0. The van der Waals surface area contributed by atoms with Gasteiger partial charge in [-0.15, -0.1) is 0 Å². The minimum absolute atomic E-state index is 0.187. The van der Waals surface area contributed by atoms with Crippen molar-refractivity contribution in [2.75, 3.05) is 7.11 Å². The van der Waals surface area contributed by atoms with E-state index < -0.39 is 10.7 Å². The first-order valence-electron chi connectivity index (χ1n) is 6.87. The predicted octanol–water partition coefficient (Wildman–Crippen LogP) is 5.16. The molecule has 3 rings (SSSR count). The molecule has 0 bridgehead atoms. The van der Waals surface area contributed by atoms with Crippen molar-refractivity contribution in [2.24, 2.45) is 0 Å². The van der Waals surface area contributed by atoms with Crippen LogP contribution in [0, 0.1) is 5.82 Å². The monoisotopic (exact) mass is 350 g/mol. The number of rotatable bonds is 4. The highest BCUT2D eigenvalue weighted by Gasteiger charge is 2.17. The Morgan fingerprint density at radius 1 is 1.09 bits per heavy atom. The SMILES string of the molecule is COc1ccc(-c2cc(C(Cl)Cl)nn2-c2ccccc2)cc1F. The molecule has 0 N–H and O–H groups in total. The quantitative estimate of drug-likeness (QED) is 0.607. The molecule has 6 heteroatoms. The molecule has 0 atom stereocenters. The first kappa shape index (κ1) is 15.8. The van der Waals surface area contributed by atoms with Crippen molar-refractivity contribution >= 4 is 23.2 Å². The second-order valence-electron chi connectivity index (χ2n) is 4.85. The third kappa shape index (κ3) is 3.19. The van der Waals surface area contributed by atoms with Gasteiger partial charge in [-0.3, -0.25) is 0 Å². The van der Waals surface area contributed by atoms with Gasteiger partial charge < -0.3 is 4.74 Å². The maximum absolute atomic E-state index is 14.0. The molecule has 0 aliphatic carbocycles. The summed E-state index contributed by atoms with van der Waals surface area (Å²) in [5.74, 6) is -0.257.